The minimum absolute atomic E-state index is 0.175. The Hall–Kier alpha value is -0.680. The summed E-state index contributed by atoms with van der Waals surface area (Å²) < 4.78 is 2.03. The van der Waals surface area contributed by atoms with Crippen LogP contribution >= 0.6 is 11.8 Å². The van der Waals surface area contributed by atoms with E-state index in [1.54, 1.807) is 0 Å². The van der Waals surface area contributed by atoms with Crippen LogP contribution in [-0.4, -0.2) is 39.4 Å². The van der Waals surface area contributed by atoms with Crippen molar-refractivity contribution < 1.29 is 0 Å². The molecule has 0 radical (unpaired) electrons. The van der Waals surface area contributed by atoms with E-state index in [9.17, 15) is 0 Å². The number of anilines is 1. The predicted octanol–water partition coefficient (Wildman–Crippen LogP) is 1.95. The third-order valence-electron chi connectivity index (χ3n) is 4.00. The van der Waals surface area contributed by atoms with E-state index in [0.29, 0.717) is 11.3 Å². The van der Waals surface area contributed by atoms with Crippen molar-refractivity contribution in [2.24, 2.45) is 12.8 Å². The van der Waals surface area contributed by atoms with Crippen LogP contribution in [0.15, 0.2) is 0 Å². The molecule has 2 rings (SSSR count). The smallest absolute Gasteiger partial charge is 0.130 e. The monoisotopic (exact) mass is 282 g/mol. The maximum Gasteiger partial charge on any atom is 0.130 e. The summed E-state index contributed by atoms with van der Waals surface area (Å²) in [5.41, 5.74) is 8.44. The van der Waals surface area contributed by atoms with Crippen molar-refractivity contribution in [2.45, 2.75) is 51.4 Å². The van der Waals surface area contributed by atoms with Gasteiger partial charge in [-0.3, -0.25) is 4.68 Å². The van der Waals surface area contributed by atoms with Gasteiger partial charge in [-0.1, -0.05) is 6.92 Å². The Morgan fingerprint density at radius 3 is 2.79 bits per heavy atom. The zero-order valence-electron chi connectivity index (χ0n) is 12.7. The van der Waals surface area contributed by atoms with Crippen LogP contribution in [0.4, 0.5) is 5.82 Å². The van der Waals surface area contributed by atoms with Gasteiger partial charge in [0.2, 0.25) is 0 Å². The molecule has 1 aliphatic rings. The molecule has 19 heavy (non-hydrogen) atoms. The van der Waals surface area contributed by atoms with Gasteiger partial charge in [0.05, 0.1) is 5.69 Å². The molecule has 1 aliphatic heterocycles. The maximum atomic E-state index is 6.00. The molecule has 0 aliphatic carbocycles. The van der Waals surface area contributed by atoms with Crippen molar-refractivity contribution in [3.63, 3.8) is 0 Å². The van der Waals surface area contributed by atoms with E-state index >= 15 is 0 Å². The molecule has 5 heteroatoms. The summed E-state index contributed by atoms with van der Waals surface area (Å²) >= 11 is 2.06. The first-order valence-electron chi connectivity index (χ1n) is 7.08. The number of rotatable bonds is 3. The Morgan fingerprint density at radius 2 is 2.16 bits per heavy atom. The summed E-state index contributed by atoms with van der Waals surface area (Å²) in [6.45, 7) is 9.88. The molecule has 0 amide bonds. The number of thioether (sulfide) groups is 1. The van der Waals surface area contributed by atoms with E-state index in [0.717, 1.165) is 18.7 Å². The van der Waals surface area contributed by atoms with Crippen molar-refractivity contribution >= 4 is 17.6 Å². The van der Waals surface area contributed by atoms with Gasteiger partial charge in [0, 0.05) is 42.2 Å². The lowest BCUT2D eigenvalue weighted by molar-refractivity contribution is 0.594. The minimum Gasteiger partial charge on any atom is -0.352 e. The lowest BCUT2D eigenvalue weighted by Crippen LogP contribution is -2.46. The highest BCUT2D eigenvalue weighted by atomic mass is 32.2. The first kappa shape index (κ1) is 14.7. The van der Waals surface area contributed by atoms with Crippen LogP contribution in [0.5, 0.6) is 0 Å². The standard InChI is InChI=1S/C14H26N4S/c1-9(15)8-13-10(2)16-17(5)14(13)18-6-7-19-12(4)11(18)3/h9,11-12H,6-8,15H2,1-5H3. The molecule has 0 aromatic carbocycles. The average molecular weight is 282 g/mol. The summed E-state index contributed by atoms with van der Waals surface area (Å²) in [5, 5.41) is 5.27. The van der Waals surface area contributed by atoms with Crippen molar-refractivity contribution in [1.82, 2.24) is 9.78 Å². The van der Waals surface area contributed by atoms with Crippen molar-refractivity contribution in [3.8, 4) is 0 Å². The van der Waals surface area contributed by atoms with Crippen LogP contribution in [0, 0.1) is 6.92 Å². The first-order chi connectivity index (χ1) is 8.91. The van der Waals surface area contributed by atoms with Crippen molar-refractivity contribution in [1.29, 1.82) is 0 Å². The van der Waals surface area contributed by atoms with Crippen LogP contribution in [0.2, 0.25) is 0 Å². The molecule has 3 atom stereocenters. The quantitative estimate of drug-likeness (QED) is 0.920. The van der Waals surface area contributed by atoms with Crippen LogP contribution in [0.3, 0.4) is 0 Å². The van der Waals surface area contributed by atoms with Crippen molar-refractivity contribution in [3.05, 3.63) is 11.3 Å². The first-order valence-corrected chi connectivity index (χ1v) is 8.13. The van der Waals surface area contributed by atoms with Gasteiger partial charge < -0.3 is 10.6 Å². The number of aryl methyl sites for hydroxylation is 2. The SMILES string of the molecule is Cc1nn(C)c(N2CCSC(C)C2C)c1CC(C)N. The van der Waals surface area contributed by atoms with Crippen LogP contribution in [-0.2, 0) is 13.5 Å². The molecule has 1 fully saturated rings. The predicted molar refractivity (Wildman–Crippen MR) is 84.0 cm³/mol. The summed E-state index contributed by atoms with van der Waals surface area (Å²) in [4.78, 5) is 2.51. The zero-order valence-corrected chi connectivity index (χ0v) is 13.5. The van der Waals surface area contributed by atoms with E-state index in [2.05, 4.69) is 49.5 Å². The van der Waals surface area contributed by atoms with Gasteiger partial charge in [-0.2, -0.15) is 16.9 Å². The van der Waals surface area contributed by atoms with Crippen LogP contribution < -0.4 is 10.6 Å². The summed E-state index contributed by atoms with van der Waals surface area (Å²) in [6, 6.07) is 0.717. The second-order valence-electron chi connectivity index (χ2n) is 5.70. The Morgan fingerprint density at radius 1 is 1.47 bits per heavy atom. The second kappa shape index (κ2) is 5.75. The second-order valence-corrected chi connectivity index (χ2v) is 7.19. The molecular formula is C14H26N4S. The topological polar surface area (TPSA) is 47.1 Å². The molecular weight excluding hydrogens is 256 g/mol. The Kier molecular flexibility index (Phi) is 4.46. The Labute approximate surface area is 120 Å². The van der Waals surface area contributed by atoms with Gasteiger partial charge in [0.25, 0.3) is 0 Å². The molecule has 4 nitrogen and oxygen atoms in total. The zero-order chi connectivity index (χ0) is 14.2. The molecule has 0 bridgehead atoms. The highest BCUT2D eigenvalue weighted by Gasteiger charge is 2.30. The summed E-state index contributed by atoms with van der Waals surface area (Å²) in [5.74, 6) is 2.46. The third kappa shape index (κ3) is 2.92. The lowest BCUT2D eigenvalue weighted by atomic mass is 10.1. The van der Waals surface area contributed by atoms with Gasteiger partial charge >= 0.3 is 0 Å². The fourth-order valence-electron chi connectivity index (χ4n) is 2.84. The van der Waals surface area contributed by atoms with Gasteiger partial charge in [0.15, 0.2) is 0 Å². The molecule has 1 saturated heterocycles. The van der Waals surface area contributed by atoms with Crippen molar-refractivity contribution in [2.75, 3.05) is 17.2 Å². The lowest BCUT2D eigenvalue weighted by Gasteiger charge is -2.39. The molecule has 108 valence electrons. The minimum atomic E-state index is 0.175. The van der Waals surface area contributed by atoms with E-state index in [1.807, 2.05) is 11.7 Å². The fourth-order valence-corrected chi connectivity index (χ4v) is 3.94. The Bertz CT molecular complexity index is 441. The van der Waals surface area contributed by atoms with Gasteiger partial charge in [-0.15, -0.1) is 0 Å². The summed E-state index contributed by atoms with van der Waals surface area (Å²) in [6.07, 6.45) is 0.903. The largest absolute Gasteiger partial charge is 0.352 e. The van der Waals surface area contributed by atoms with E-state index in [4.69, 9.17) is 5.73 Å². The van der Waals surface area contributed by atoms with Crippen LogP contribution in [0.25, 0.3) is 0 Å². The number of nitrogens with zero attached hydrogens (tertiary/aromatic N) is 3. The van der Waals surface area contributed by atoms with Gasteiger partial charge in [0.1, 0.15) is 5.82 Å². The highest BCUT2D eigenvalue weighted by Crippen LogP contribution is 2.32. The molecule has 2 N–H and O–H groups in total. The molecule has 3 unspecified atom stereocenters. The number of hydrogen-bond acceptors (Lipinski definition) is 4. The highest BCUT2D eigenvalue weighted by molar-refractivity contribution is 8.00. The molecule has 0 saturated carbocycles. The molecule has 1 aromatic heterocycles. The molecule has 1 aromatic rings. The Balaban J connectivity index is 2.37. The fraction of sp³-hybridized carbons (Fsp3) is 0.786. The number of hydrogen-bond donors (Lipinski definition) is 1. The van der Waals surface area contributed by atoms with E-state index in [1.165, 1.54) is 17.1 Å². The van der Waals surface area contributed by atoms with E-state index < -0.39 is 0 Å². The normalized spacial score (nSPS) is 25.7. The number of nitrogens with two attached hydrogens (primary N) is 1. The molecule has 2 heterocycles. The van der Waals surface area contributed by atoms with Gasteiger partial charge in [-0.25, -0.2) is 0 Å². The molecule has 0 spiro atoms. The third-order valence-corrected chi connectivity index (χ3v) is 5.33. The number of aromatic nitrogens is 2. The van der Waals surface area contributed by atoms with E-state index in [-0.39, 0.29) is 6.04 Å². The average Bonchev–Trinajstić information content (AvgIpc) is 2.58. The van der Waals surface area contributed by atoms with Gasteiger partial charge in [-0.05, 0) is 27.2 Å². The maximum absolute atomic E-state index is 6.00. The summed E-state index contributed by atoms with van der Waals surface area (Å²) in [7, 11) is 2.05. The van der Waals surface area contributed by atoms with Crippen LogP contribution in [0.1, 0.15) is 32.0 Å².